The van der Waals surface area contributed by atoms with Gasteiger partial charge in [0.2, 0.25) is 0 Å². The van der Waals surface area contributed by atoms with Crippen LogP contribution in [0.25, 0.3) is 0 Å². The van der Waals surface area contributed by atoms with Crippen LogP contribution >= 0.6 is 0 Å². The number of carboxylic acid groups (broad SMARTS) is 2. The van der Waals surface area contributed by atoms with Gasteiger partial charge in [-0.1, -0.05) is 12.2 Å². The van der Waals surface area contributed by atoms with Gasteiger partial charge in [0, 0.05) is 23.8 Å². The molecule has 0 heterocycles. The molecule has 1 fully saturated rings. The fourth-order valence-corrected chi connectivity index (χ4v) is 2.64. The zero-order valence-electron chi connectivity index (χ0n) is 9.51. The standard InChI is InChI=1S/C10H12O4.2Na/c11-9(12)7-5-1-2-6(4-3-5)8(7)10(13)14;;/h1-2,5-8H,3-4H2,(H,11,12)(H,13,14);;/q;2*+1/p-2. The molecule has 0 saturated heterocycles. The summed E-state index contributed by atoms with van der Waals surface area (Å²) in [5.74, 6) is -4.70. The van der Waals surface area contributed by atoms with Crippen LogP contribution in [0.3, 0.4) is 0 Å². The molecular formula is C10H10Na2O4. The van der Waals surface area contributed by atoms with Gasteiger partial charge in [0.05, 0.1) is 0 Å². The Bertz CT molecular complexity index is 286. The van der Waals surface area contributed by atoms with E-state index >= 15 is 0 Å². The molecule has 3 aliphatic carbocycles. The average molecular weight is 240 g/mol. The number of fused-ring (bicyclic) bond motifs is 2. The second-order valence-corrected chi connectivity index (χ2v) is 3.98. The van der Waals surface area contributed by atoms with Gasteiger partial charge in [0.1, 0.15) is 0 Å². The molecule has 3 rings (SSSR count). The number of allylic oxidation sites excluding steroid dienone is 2. The van der Waals surface area contributed by atoms with Gasteiger partial charge in [0.25, 0.3) is 0 Å². The Labute approximate surface area is 138 Å². The SMILES string of the molecule is O=C([O-])C1C2C=CC(CC2)C1C(=O)[O-].[Na+].[Na+]. The van der Waals surface area contributed by atoms with Gasteiger partial charge < -0.3 is 19.8 Å². The molecule has 4 atom stereocenters. The monoisotopic (exact) mass is 240 g/mol. The molecule has 3 aliphatic rings. The van der Waals surface area contributed by atoms with Gasteiger partial charge in [-0.2, -0.15) is 0 Å². The topological polar surface area (TPSA) is 80.3 Å². The summed E-state index contributed by atoms with van der Waals surface area (Å²) in [5.41, 5.74) is 0. The first-order chi connectivity index (χ1) is 6.61. The zero-order chi connectivity index (χ0) is 10.3. The van der Waals surface area contributed by atoms with Crippen LogP contribution in [0.15, 0.2) is 12.2 Å². The molecule has 4 nitrogen and oxygen atoms in total. The van der Waals surface area contributed by atoms with E-state index in [-0.39, 0.29) is 71.0 Å². The normalized spacial score (nSPS) is 34.8. The van der Waals surface area contributed by atoms with E-state index in [1.54, 1.807) is 12.2 Å². The minimum Gasteiger partial charge on any atom is -0.550 e. The van der Waals surface area contributed by atoms with Crippen molar-refractivity contribution in [2.24, 2.45) is 23.7 Å². The van der Waals surface area contributed by atoms with E-state index in [1.807, 2.05) is 0 Å². The summed E-state index contributed by atoms with van der Waals surface area (Å²) >= 11 is 0. The Morgan fingerprint density at radius 2 is 1.19 bits per heavy atom. The summed E-state index contributed by atoms with van der Waals surface area (Å²) < 4.78 is 0. The summed E-state index contributed by atoms with van der Waals surface area (Å²) in [6, 6.07) is 0. The molecular weight excluding hydrogens is 230 g/mol. The molecule has 1 saturated carbocycles. The van der Waals surface area contributed by atoms with E-state index in [1.165, 1.54) is 0 Å². The van der Waals surface area contributed by atoms with E-state index in [0.717, 1.165) is 12.8 Å². The van der Waals surface area contributed by atoms with Crippen LogP contribution in [0.2, 0.25) is 0 Å². The maximum absolute atomic E-state index is 10.8. The number of carboxylic acids is 2. The van der Waals surface area contributed by atoms with Crippen molar-refractivity contribution in [1.29, 1.82) is 0 Å². The first kappa shape index (κ1) is 16.7. The number of carbonyl (C=O) groups excluding carboxylic acids is 2. The van der Waals surface area contributed by atoms with Crippen molar-refractivity contribution in [3.05, 3.63) is 12.2 Å². The van der Waals surface area contributed by atoms with Gasteiger partial charge in [-0.05, 0) is 24.7 Å². The second kappa shape index (κ2) is 6.57. The molecule has 0 aliphatic heterocycles. The third kappa shape index (κ3) is 2.92. The number of carbonyl (C=O) groups is 2. The Morgan fingerprint density at radius 1 is 0.875 bits per heavy atom. The molecule has 0 N–H and O–H groups in total. The van der Waals surface area contributed by atoms with E-state index in [9.17, 15) is 19.8 Å². The Hall–Kier alpha value is 0.680. The third-order valence-electron chi connectivity index (χ3n) is 3.29. The maximum Gasteiger partial charge on any atom is 1.00 e. The fourth-order valence-electron chi connectivity index (χ4n) is 2.64. The van der Waals surface area contributed by atoms with E-state index in [4.69, 9.17) is 0 Å². The van der Waals surface area contributed by atoms with Crippen LogP contribution in [-0.2, 0) is 9.59 Å². The largest absolute Gasteiger partial charge is 1.00 e. The van der Waals surface area contributed by atoms with E-state index in [2.05, 4.69) is 0 Å². The van der Waals surface area contributed by atoms with Crippen LogP contribution in [-0.4, -0.2) is 11.9 Å². The minimum atomic E-state index is -1.27. The average Bonchev–Trinajstić information content (AvgIpc) is 2.17. The maximum atomic E-state index is 10.8. The summed E-state index contributed by atoms with van der Waals surface area (Å²) in [4.78, 5) is 21.6. The Balaban J connectivity index is 0.00000112. The van der Waals surface area contributed by atoms with Gasteiger partial charge in [-0.15, -0.1) is 0 Å². The van der Waals surface area contributed by atoms with Crippen molar-refractivity contribution < 1.29 is 78.9 Å². The minimum absolute atomic E-state index is 0. The van der Waals surface area contributed by atoms with Crippen molar-refractivity contribution in [3.8, 4) is 0 Å². The number of hydrogen-bond acceptors (Lipinski definition) is 4. The predicted octanol–water partition coefficient (Wildman–Crippen LogP) is -7.68. The van der Waals surface area contributed by atoms with Crippen molar-refractivity contribution in [2.75, 3.05) is 0 Å². The van der Waals surface area contributed by atoms with Crippen molar-refractivity contribution >= 4 is 11.9 Å². The number of aliphatic carboxylic acids is 2. The van der Waals surface area contributed by atoms with E-state index < -0.39 is 23.8 Å². The van der Waals surface area contributed by atoms with E-state index in [0.29, 0.717) is 0 Å². The van der Waals surface area contributed by atoms with Crippen molar-refractivity contribution in [1.82, 2.24) is 0 Å². The molecule has 2 bridgehead atoms. The molecule has 0 radical (unpaired) electrons. The molecule has 16 heavy (non-hydrogen) atoms. The summed E-state index contributed by atoms with van der Waals surface area (Å²) in [7, 11) is 0. The summed E-state index contributed by atoms with van der Waals surface area (Å²) in [5, 5.41) is 21.6. The molecule has 0 spiro atoms. The summed E-state index contributed by atoms with van der Waals surface area (Å²) in [6.45, 7) is 0. The smallest absolute Gasteiger partial charge is 0.550 e. The van der Waals surface area contributed by atoms with Crippen molar-refractivity contribution in [3.63, 3.8) is 0 Å². The Morgan fingerprint density at radius 3 is 1.38 bits per heavy atom. The molecule has 0 aromatic rings. The van der Waals surface area contributed by atoms with Crippen LogP contribution < -0.4 is 69.3 Å². The number of hydrogen-bond donors (Lipinski definition) is 0. The van der Waals surface area contributed by atoms with Crippen LogP contribution in [0.4, 0.5) is 0 Å². The molecule has 0 aromatic carbocycles. The molecule has 76 valence electrons. The summed E-state index contributed by atoms with van der Waals surface area (Å²) in [6.07, 6.45) is 5.08. The second-order valence-electron chi connectivity index (χ2n) is 3.98. The van der Waals surface area contributed by atoms with Crippen molar-refractivity contribution in [2.45, 2.75) is 12.8 Å². The zero-order valence-corrected chi connectivity index (χ0v) is 13.5. The molecule has 0 amide bonds. The van der Waals surface area contributed by atoms with Gasteiger partial charge in [-0.25, -0.2) is 0 Å². The first-order valence-corrected chi connectivity index (χ1v) is 4.71. The Kier molecular flexibility index (Phi) is 6.85. The molecule has 6 heteroatoms. The van der Waals surface area contributed by atoms with Gasteiger partial charge in [0.15, 0.2) is 0 Å². The molecule has 4 unspecified atom stereocenters. The van der Waals surface area contributed by atoms with Crippen LogP contribution in [0.1, 0.15) is 12.8 Å². The van der Waals surface area contributed by atoms with Gasteiger partial charge >= 0.3 is 59.1 Å². The van der Waals surface area contributed by atoms with Crippen LogP contribution in [0.5, 0.6) is 0 Å². The first-order valence-electron chi connectivity index (χ1n) is 4.71. The van der Waals surface area contributed by atoms with Crippen LogP contribution in [0, 0.1) is 23.7 Å². The quantitative estimate of drug-likeness (QED) is 0.355. The molecule has 0 aromatic heterocycles. The predicted molar refractivity (Wildman–Crippen MR) is 42.3 cm³/mol. The number of rotatable bonds is 2. The van der Waals surface area contributed by atoms with Gasteiger partial charge in [-0.3, -0.25) is 0 Å². The fraction of sp³-hybridized carbons (Fsp3) is 0.600. The third-order valence-corrected chi connectivity index (χ3v) is 3.29.